The van der Waals surface area contributed by atoms with Crippen LogP contribution in [-0.2, 0) is 4.79 Å². The third-order valence-electron chi connectivity index (χ3n) is 6.71. The summed E-state index contributed by atoms with van der Waals surface area (Å²) in [5, 5.41) is 9.46. The smallest absolute Gasteiger partial charge is 0.225 e. The summed E-state index contributed by atoms with van der Waals surface area (Å²) in [6.07, 6.45) is 3.40. The van der Waals surface area contributed by atoms with Crippen LogP contribution in [0.5, 0.6) is 0 Å². The van der Waals surface area contributed by atoms with Gasteiger partial charge in [0, 0.05) is 52.2 Å². The molecule has 1 unspecified atom stereocenters. The molecule has 1 aliphatic heterocycles. The topological polar surface area (TPSA) is 60.0 Å². The fourth-order valence-corrected chi connectivity index (χ4v) is 4.40. The first-order valence-electron chi connectivity index (χ1n) is 11.6. The van der Waals surface area contributed by atoms with Crippen LogP contribution in [0.15, 0.2) is 47.5 Å². The molecular formula is C25H36IN5O. The molecule has 0 radical (unpaired) electrons. The number of amides is 1. The minimum Gasteiger partial charge on any atom is -0.355 e. The quantitative estimate of drug-likeness (QED) is 0.329. The van der Waals surface area contributed by atoms with E-state index in [2.05, 4.69) is 74.8 Å². The van der Waals surface area contributed by atoms with Gasteiger partial charge in [0.05, 0.1) is 6.04 Å². The number of hydrogen-bond donors (Lipinski definition) is 2. The first-order chi connectivity index (χ1) is 15.1. The molecule has 1 amide bonds. The molecule has 0 bridgehead atoms. The summed E-state index contributed by atoms with van der Waals surface area (Å²) in [7, 11) is 1.81. The molecule has 1 saturated carbocycles. The van der Waals surface area contributed by atoms with Gasteiger partial charge in [-0.1, -0.05) is 42.8 Å². The SMILES string of the molecule is CN=C(NCCN1CCN(C(=O)C2CCC2)CC1)NC(C)c1ccc2ccccc2c1.I. The molecule has 2 fully saturated rings. The van der Waals surface area contributed by atoms with Gasteiger partial charge in [-0.05, 0) is 42.2 Å². The summed E-state index contributed by atoms with van der Waals surface area (Å²) in [5.41, 5.74) is 1.24. The van der Waals surface area contributed by atoms with Gasteiger partial charge in [-0.15, -0.1) is 24.0 Å². The molecule has 0 spiro atoms. The van der Waals surface area contributed by atoms with Gasteiger partial charge in [0.25, 0.3) is 0 Å². The molecule has 1 heterocycles. The second-order valence-electron chi connectivity index (χ2n) is 8.77. The number of rotatable bonds is 6. The van der Waals surface area contributed by atoms with Crippen LogP contribution < -0.4 is 10.6 Å². The highest BCUT2D eigenvalue weighted by Gasteiger charge is 2.31. The Kier molecular flexibility index (Phi) is 9.16. The number of carbonyl (C=O) groups excluding carboxylic acids is 1. The minimum absolute atomic E-state index is 0. The van der Waals surface area contributed by atoms with Gasteiger partial charge in [-0.2, -0.15) is 0 Å². The number of carbonyl (C=O) groups is 1. The summed E-state index contributed by atoms with van der Waals surface area (Å²) in [6.45, 7) is 7.59. The van der Waals surface area contributed by atoms with Crippen molar-refractivity contribution in [2.75, 3.05) is 46.3 Å². The van der Waals surface area contributed by atoms with Crippen molar-refractivity contribution in [2.24, 2.45) is 10.9 Å². The minimum atomic E-state index is 0. The Morgan fingerprint density at radius 1 is 1.09 bits per heavy atom. The second-order valence-corrected chi connectivity index (χ2v) is 8.77. The number of hydrogen-bond acceptors (Lipinski definition) is 3. The van der Waals surface area contributed by atoms with Crippen LogP contribution in [0.3, 0.4) is 0 Å². The highest BCUT2D eigenvalue weighted by atomic mass is 127. The van der Waals surface area contributed by atoms with E-state index in [9.17, 15) is 4.79 Å². The maximum atomic E-state index is 12.4. The van der Waals surface area contributed by atoms with Crippen LogP contribution in [-0.4, -0.2) is 68.0 Å². The van der Waals surface area contributed by atoms with Gasteiger partial charge < -0.3 is 15.5 Å². The van der Waals surface area contributed by atoms with E-state index in [1.807, 2.05) is 7.05 Å². The monoisotopic (exact) mass is 549 g/mol. The standard InChI is InChI=1S/C25H35N5O.HI/c1-19(22-11-10-20-6-3-4-7-23(20)18-22)28-25(26-2)27-12-13-29-14-16-30(17-15-29)24(31)21-8-5-9-21;/h3-4,6-7,10-11,18-19,21H,5,8-9,12-17H2,1-2H3,(H2,26,27,28);1H. The zero-order valence-corrected chi connectivity index (χ0v) is 21.5. The van der Waals surface area contributed by atoms with Crippen molar-refractivity contribution in [1.29, 1.82) is 0 Å². The van der Waals surface area contributed by atoms with E-state index in [0.717, 1.165) is 58.1 Å². The van der Waals surface area contributed by atoms with E-state index in [-0.39, 0.29) is 30.0 Å². The van der Waals surface area contributed by atoms with Crippen molar-refractivity contribution >= 4 is 46.6 Å². The van der Waals surface area contributed by atoms with E-state index >= 15 is 0 Å². The van der Waals surface area contributed by atoms with Crippen LogP contribution in [0.4, 0.5) is 0 Å². The van der Waals surface area contributed by atoms with Gasteiger partial charge in [0.2, 0.25) is 5.91 Å². The third-order valence-corrected chi connectivity index (χ3v) is 6.71. The predicted octanol–water partition coefficient (Wildman–Crippen LogP) is 3.63. The summed E-state index contributed by atoms with van der Waals surface area (Å²) >= 11 is 0. The second kappa shape index (κ2) is 11.8. The normalized spacial score (nSPS) is 18.6. The fraction of sp³-hybridized carbons (Fsp3) is 0.520. The number of halogens is 1. The molecule has 7 heteroatoms. The average molecular weight is 550 g/mol. The maximum Gasteiger partial charge on any atom is 0.225 e. The Morgan fingerprint density at radius 2 is 1.81 bits per heavy atom. The molecule has 1 atom stereocenters. The lowest BCUT2D eigenvalue weighted by atomic mass is 9.84. The highest BCUT2D eigenvalue weighted by Crippen LogP contribution is 2.28. The van der Waals surface area contributed by atoms with Crippen molar-refractivity contribution in [2.45, 2.75) is 32.2 Å². The molecule has 32 heavy (non-hydrogen) atoms. The van der Waals surface area contributed by atoms with Crippen LogP contribution in [0.25, 0.3) is 10.8 Å². The Labute approximate surface area is 208 Å². The molecule has 2 aromatic rings. The van der Waals surface area contributed by atoms with E-state index in [1.165, 1.54) is 22.8 Å². The third kappa shape index (κ3) is 6.13. The lowest BCUT2D eigenvalue weighted by Crippen LogP contribution is -2.52. The lowest BCUT2D eigenvalue weighted by molar-refractivity contribution is -0.139. The van der Waals surface area contributed by atoms with Gasteiger partial charge >= 0.3 is 0 Å². The van der Waals surface area contributed by atoms with Crippen LogP contribution in [0.1, 0.15) is 37.8 Å². The van der Waals surface area contributed by atoms with Crippen molar-refractivity contribution in [3.63, 3.8) is 0 Å². The summed E-state index contributed by atoms with van der Waals surface area (Å²) in [5.74, 6) is 1.52. The number of benzene rings is 2. The van der Waals surface area contributed by atoms with E-state index < -0.39 is 0 Å². The first kappa shape index (κ1) is 24.8. The molecule has 0 aromatic heterocycles. The van der Waals surface area contributed by atoms with Gasteiger partial charge in [-0.3, -0.25) is 14.7 Å². The summed E-state index contributed by atoms with van der Waals surface area (Å²) in [6, 6.07) is 15.2. The molecule has 2 aromatic carbocycles. The van der Waals surface area contributed by atoms with E-state index in [1.54, 1.807) is 0 Å². The van der Waals surface area contributed by atoms with Crippen molar-refractivity contribution in [3.05, 3.63) is 48.0 Å². The first-order valence-corrected chi connectivity index (χ1v) is 11.6. The van der Waals surface area contributed by atoms with Crippen molar-refractivity contribution in [1.82, 2.24) is 20.4 Å². The molecule has 2 aliphatic rings. The fourth-order valence-electron chi connectivity index (χ4n) is 4.40. The predicted molar refractivity (Wildman–Crippen MR) is 143 cm³/mol. The van der Waals surface area contributed by atoms with Gasteiger partial charge in [0.15, 0.2) is 5.96 Å². The molecule has 6 nitrogen and oxygen atoms in total. The number of fused-ring (bicyclic) bond motifs is 1. The summed E-state index contributed by atoms with van der Waals surface area (Å²) in [4.78, 5) is 21.3. The van der Waals surface area contributed by atoms with Crippen molar-refractivity contribution < 1.29 is 4.79 Å². The Hall–Kier alpha value is -1.87. The van der Waals surface area contributed by atoms with Crippen LogP contribution >= 0.6 is 24.0 Å². The molecule has 2 N–H and O–H groups in total. The molecule has 1 aliphatic carbocycles. The van der Waals surface area contributed by atoms with Crippen LogP contribution in [0.2, 0.25) is 0 Å². The Bertz CT molecular complexity index is 921. The number of nitrogens with one attached hydrogen (secondary N) is 2. The maximum absolute atomic E-state index is 12.4. The molecule has 4 rings (SSSR count). The molecule has 174 valence electrons. The van der Waals surface area contributed by atoms with E-state index in [4.69, 9.17) is 0 Å². The van der Waals surface area contributed by atoms with Gasteiger partial charge in [0.1, 0.15) is 0 Å². The number of nitrogens with zero attached hydrogens (tertiary/aromatic N) is 3. The number of guanidine groups is 1. The average Bonchev–Trinajstić information content (AvgIpc) is 2.77. The highest BCUT2D eigenvalue weighted by molar-refractivity contribution is 14.0. The Morgan fingerprint density at radius 3 is 2.47 bits per heavy atom. The zero-order chi connectivity index (χ0) is 21.6. The molecule has 1 saturated heterocycles. The van der Waals surface area contributed by atoms with Crippen molar-refractivity contribution in [3.8, 4) is 0 Å². The van der Waals surface area contributed by atoms with Crippen LogP contribution in [0, 0.1) is 5.92 Å². The van der Waals surface area contributed by atoms with E-state index in [0.29, 0.717) is 11.8 Å². The largest absolute Gasteiger partial charge is 0.355 e. The van der Waals surface area contributed by atoms with Gasteiger partial charge in [-0.25, -0.2) is 0 Å². The summed E-state index contributed by atoms with van der Waals surface area (Å²) < 4.78 is 0. The number of piperazine rings is 1. The number of aliphatic imine (C=N–C) groups is 1. The zero-order valence-electron chi connectivity index (χ0n) is 19.2. The molecular weight excluding hydrogens is 513 g/mol. The Balaban J connectivity index is 0.00000289. The lowest BCUT2D eigenvalue weighted by Gasteiger charge is -2.38.